The van der Waals surface area contributed by atoms with Gasteiger partial charge in [-0.15, -0.1) is 0 Å². The van der Waals surface area contributed by atoms with E-state index >= 15 is 0 Å². The molecule has 0 aliphatic rings. The Labute approximate surface area is 115 Å². The summed E-state index contributed by atoms with van der Waals surface area (Å²) in [7, 11) is 0. The van der Waals surface area contributed by atoms with Crippen molar-refractivity contribution >= 4 is 0 Å². The summed E-state index contributed by atoms with van der Waals surface area (Å²) in [6.07, 6.45) is 3.79. The highest BCUT2D eigenvalue weighted by atomic mass is 15.0. The Hall–Kier alpha value is -1.74. The van der Waals surface area contributed by atoms with Crippen LogP contribution in [0.25, 0.3) is 11.4 Å². The molecular weight excluding hydrogens is 234 g/mol. The van der Waals surface area contributed by atoms with Crippen LogP contribution in [-0.4, -0.2) is 15.5 Å². The summed E-state index contributed by atoms with van der Waals surface area (Å²) >= 11 is 0. The predicted molar refractivity (Wildman–Crippen MR) is 78.8 cm³/mol. The monoisotopic (exact) mass is 255 g/mol. The zero-order valence-electron chi connectivity index (χ0n) is 12.1. The molecule has 0 bridgehead atoms. The maximum atomic E-state index is 4.46. The van der Waals surface area contributed by atoms with Gasteiger partial charge in [0.05, 0.1) is 0 Å². The van der Waals surface area contributed by atoms with Gasteiger partial charge in [0.2, 0.25) is 0 Å². The quantitative estimate of drug-likeness (QED) is 0.914. The summed E-state index contributed by atoms with van der Waals surface area (Å²) in [6, 6.07) is 8.17. The first-order chi connectivity index (χ1) is 8.96. The van der Waals surface area contributed by atoms with Gasteiger partial charge < -0.3 is 5.32 Å². The Morgan fingerprint density at radius 3 is 2.26 bits per heavy atom. The summed E-state index contributed by atoms with van der Waals surface area (Å²) in [5.74, 6) is 0.789. The number of aromatic nitrogens is 2. The van der Waals surface area contributed by atoms with Crippen molar-refractivity contribution in [1.82, 2.24) is 15.3 Å². The lowest BCUT2D eigenvalue weighted by Gasteiger charge is -2.20. The van der Waals surface area contributed by atoms with Crippen LogP contribution < -0.4 is 5.32 Å². The maximum Gasteiger partial charge on any atom is 0.159 e. The van der Waals surface area contributed by atoms with Gasteiger partial charge in [0.15, 0.2) is 5.82 Å². The Bertz CT molecular complexity index is 539. The number of hydrogen-bond donors (Lipinski definition) is 1. The van der Waals surface area contributed by atoms with Crippen molar-refractivity contribution in [3.8, 4) is 11.4 Å². The van der Waals surface area contributed by atoms with E-state index in [9.17, 15) is 0 Å². The van der Waals surface area contributed by atoms with E-state index in [1.165, 1.54) is 5.56 Å². The molecule has 0 aliphatic heterocycles. The zero-order chi connectivity index (χ0) is 13.9. The standard InChI is InChI=1S/C16H21N3/c1-12-7-5-6-8-14(12)15-17-9-13(10-18-15)11-19-16(2,3)4/h5-10,19H,11H2,1-4H3. The molecule has 1 heterocycles. The van der Waals surface area contributed by atoms with Crippen molar-refractivity contribution in [2.75, 3.05) is 0 Å². The summed E-state index contributed by atoms with van der Waals surface area (Å²) in [5, 5.41) is 3.43. The van der Waals surface area contributed by atoms with Crippen LogP contribution in [0.2, 0.25) is 0 Å². The smallest absolute Gasteiger partial charge is 0.159 e. The highest BCUT2D eigenvalue weighted by Gasteiger charge is 2.09. The van der Waals surface area contributed by atoms with Crippen LogP contribution >= 0.6 is 0 Å². The highest BCUT2D eigenvalue weighted by Crippen LogP contribution is 2.18. The van der Waals surface area contributed by atoms with Crippen LogP contribution in [0.15, 0.2) is 36.7 Å². The van der Waals surface area contributed by atoms with Crippen LogP contribution in [0.3, 0.4) is 0 Å². The number of nitrogens with zero attached hydrogens (tertiary/aromatic N) is 2. The fraction of sp³-hybridized carbons (Fsp3) is 0.375. The Morgan fingerprint density at radius 2 is 1.68 bits per heavy atom. The van der Waals surface area contributed by atoms with Crippen molar-refractivity contribution in [2.45, 2.75) is 39.8 Å². The number of nitrogens with one attached hydrogen (secondary N) is 1. The summed E-state index contributed by atoms with van der Waals surface area (Å²) in [6.45, 7) is 9.31. The van der Waals surface area contributed by atoms with E-state index in [0.717, 1.165) is 23.5 Å². The molecule has 0 saturated carbocycles. The normalized spacial score (nSPS) is 11.6. The van der Waals surface area contributed by atoms with Crippen LogP contribution in [0.5, 0.6) is 0 Å². The molecule has 1 aromatic heterocycles. The van der Waals surface area contributed by atoms with Crippen molar-refractivity contribution in [1.29, 1.82) is 0 Å². The number of hydrogen-bond acceptors (Lipinski definition) is 3. The lowest BCUT2D eigenvalue weighted by atomic mass is 10.1. The minimum Gasteiger partial charge on any atom is -0.308 e. The Kier molecular flexibility index (Phi) is 3.96. The van der Waals surface area contributed by atoms with Crippen LogP contribution in [0.4, 0.5) is 0 Å². The van der Waals surface area contributed by atoms with Crippen LogP contribution in [0.1, 0.15) is 31.9 Å². The first-order valence-electron chi connectivity index (χ1n) is 6.58. The van der Waals surface area contributed by atoms with E-state index in [4.69, 9.17) is 0 Å². The van der Waals surface area contributed by atoms with E-state index in [1.807, 2.05) is 24.5 Å². The molecule has 0 fully saturated rings. The lowest BCUT2D eigenvalue weighted by molar-refractivity contribution is 0.423. The number of rotatable bonds is 3. The molecule has 0 unspecified atom stereocenters. The third kappa shape index (κ3) is 3.86. The van der Waals surface area contributed by atoms with Gasteiger partial charge in [-0.1, -0.05) is 24.3 Å². The lowest BCUT2D eigenvalue weighted by Crippen LogP contribution is -2.35. The van der Waals surface area contributed by atoms with Gasteiger partial charge in [-0.3, -0.25) is 0 Å². The van der Waals surface area contributed by atoms with E-state index in [1.54, 1.807) is 0 Å². The molecule has 0 radical (unpaired) electrons. The zero-order valence-corrected chi connectivity index (χ0v) is 12.1. The second-order valence-electron chi connectivity index (χ2n) is 5.83. The summed E-state index contributed by atoms with van der Waals surface area (Å²) in [5.41, 5.74) is 3.50. The fourth-order valence-electron chi connectivity index (χ4n) is 1.78. The Balaban J connectivity index is 2.13. The van der Waals surface area contributed by atoms with E-state index in [0.29, 0.717) is 0 Å². The molecule has 100 valence electrons. The SMILES string of the molecule is Cc1ccccc1-c1ncc(CNC(C)(C)C)cn1. The molecule has 2 rings (SSSR count). The first-order valence-corrected chi connectivity index (χ1v) is 6.58. The number of aryl methyl sites for hydroxylation is 1. The van der Waals surface area contributed by atoms with E-state index in [-0.39, 0.29) is 5.54 Å². The first kappa shape index (κ1) is 13.7. The van der Waals surface area contributed by atoms with Crippen LogP contribution in [0, 0.1) is 6.92 Å². The van der Waals surface area contributed by atoms with Gasteiger partial charge >= 0.3 is 0 Å². The fourth-order valence-corrected chi connectivity index (χ4v) is 1.78. The second-order valence-corrected chi connectivity index (χ2v) is 5.83. The maximum absolute atomic E-state index is 4.46. The molecule has 0 amide bonds. The highest BCUT2D eigenvalue weighted by molar-refractivity contribution is 5.59. The molecule has 0 saturated heterocycles. The van der Waals surface area contributed by atoms with Gasteiger partial charge in [-0.25, -0.2) is 9.97 Å². The molecular formula is C16H21N3. The average molecular weight is 255 g/mol. The summed E-state index contributed by atoms with van der Waals surface area (Å²) < 4.78 is 0. The molecule has 19 heavy (non-hydrogen) atoms. The second kappa shape index (κ2) is 5.49. The van der Waals surface area contributed by atoms with Crippen LogP contribution in [-0.2, 0) is 6.54 Å². The molecule has 2 aromatic rings. The third-order valence-corrected chi connectivity index (χ3v) is 2.91. The van der Waals surface area contributed by atoms with Gasteiger partial charge in [-0.05, 0) is 33.3 Å². The molecule has 0 atom stereocenters. The summed E-state index contributed by atoms with van der Waals surface area (Å²) in [4.78, 5) is 8.92. The predicted octanol–water partition coefficient (Wildman–Crippen LogP) is 3.34. The van der Waals surface area contributed by atoms with E-state index < -0.39 is 0 Å². The van der Waals surface area contributed by atoms with Gasteiger partial charge in [0, 0.05) is 35.6 Å². The molecule has 3 nitrogen and oxygen atoms in total. The van der Waals surface area contributed by atoms with Crippen molar-refractivity contribution in [3.05, 3.63) is 47.8 Å². The van der Waals surface area contributed by atoms with Gasteiger partial charge in [0.1, 0.15) is 0 Å². The molecule has 1 N–H and O–H groups in total. The molecule has 3 heteroatoms. The van der Waals surface area contributed by atoms with E-state index in [2.05, 4.69) is 55.1 Å². The van der Waals surface area contributed by atoms with Crippen molar-refractivity contribution in [2.24, 2.45) is 0 Å². The minimum absolute atomic E-state index is 0.106. The molecule has 0 aliphatic carbocycles. The topological polar surface area (TPSA) is 37.8 Å². The minimum atomic E-state index is 0.106. The average Bonchev–Trinajstić information content (AvgIpc) is 2.37. The van der Waals surface area contributed by atoms with Crippen molar-refractivity contribution in [3.63, 3.8) is 0 Å². The Morgan fingerprint density at radius 1 is 1.05 bits per heavy atom. The largest absolute Gasteiger partial charge is 0.308 e. The van der Waals surface area contributed by atoms with Gasteiger partial charge in [-0.2, -0.15) is 0 Å². The van der Waals surface area contributed by atoms with Crippen molar-refractivity contribution < 1.29 is 0 Å². The van der Waals surface area contributed by atoms with Gasteiger partial charge in [0.25, 0.3) is 0 Å². The molecule has 0 spiro atoms. The number of benzene rings is 1. The third-order valence-electron chi connectivity index (χ3n) is 2.91. The molecule has 1 aromatic carbocycles.